The van der Waals surface area contributed by atoms with Crippen LogP contribution in [0.4, 0.5) is 0 Å². The third kappa shape index (κ3) is 2.35. The molecule has 1 heterocycles. The highest BCUT2D eigenvalue weighted by Crippen LogP contribution is 2.32. The van der Waals surface area contributed by atoms with Gasteiger partial charge in [-0.2, -0.15) is 0 Å². The number of ketones is 1. The van der Waals surface area contributed by atoms with E-state index in [0.717, 1.165) is 25.0 Å². The van der Waals surface area contributed by atoms with Crippen molar-refractivity contribution in [2.75, 3.05) is 0 Å². The first-order valence-electron chi connectivity index (χ1n) is 7.01. The van der Waals surface area contributed by atoms with E-state index in [0.29, 0.717) is 18.2 Å². The van der Waals surface area contributed by atoms with Crippen LogP contribution in [0.1, 0.15) is 31.7 Å². The van der Waals surface area contributed by atoms with Crippen LogP contribution in [0.15, 0.2) is 53.8 Å². The Balaban J connectivity index is 1.91. The Morgan fingerprint density at radius 2 is 2.00 bits per heavy atom. The third-order valence-electron chi connectivity index (χ3n) is 4.00. The molecule has 0 saturated carbocycles. The number of carbonyl (C=O) groups excluding carboxylic acids is 1. The highest BCUT2D eigenvalue weighted by atomic mass is 16.1. The number of hydrogen-bond donors (Lipinski definition) is 0. The molecule has 98 valence electrons. The lowest BCUT2D eigenvalue weighted by molar-refractivity contribution is -0.116. The van der Waals surface area contributed by atoms with Crippen LogP contribution in [-0.2, 0) is 11.3 Å². The lowest BCUT2D eigenvalue weighted by Crippen LogP contribution is -2.36. The second-order valence-electron chi connectivity index (χ2n) is 5.35. The molecule has 1 aromatic rings. The molecule has 2 heteroatoms. The molecule has 0 saturated heterocycles. The zero-order valence-electron chi connectivity index (χ0n) is 11.3. The molecular weight excluding hydrogens is 234 g/mol. The summed E-state index contributed by atoms with van der Waals surface area (Å²) < 4.78 is 0. The van der Waals surface area contributed by atoms with Crippen molar-refractivity contribution in [3.63, 3.8) is 0 Å². The van der Waals surface area contributed by atoms with Crippen molar-refractivity contribution in [1.29, 1.82) is 0 Å². The topological polar surface area (TPSA) is 20.3 Å². The van der Waals surface area contributed by atoms with Crippen molar-refractivity contribution in [3.05, 3.63) is 59.3 Å². The van der Waals surface area contributed by atoms with Crippen LogP contribution in [0.3, 0.4) is 0 Å². The smallest absolute Gasteiger partial charge is 0.164 e. The van der Waals surface area contributed by atoms with Crippen molar-refractivity contribution in [3.8, 4) is 0 Å². The maximum Gasteiger partial charge on any atom is 0.164 e. The van der Waals surface area contributed by atoms with E-state index in [9.17, 15) is 4.79 Å². The van der Waals surface area contributed by atoms with Crippen molar-refractivity contribution in [2.24, 2.45) is 0 Å². The van der Waals surface area contributed by atoms with Gasteiger partial charge in [0, 0.05) is 30.3 Å². The van der Waals surface area contributed by atoms with Gasteiger partial charge in [0.05, 0.1) is 0 Å². The van der Waals surface area contributed by atoms with Gasteiger partial charge in [-0.15, -0.1) is 0 Å². The summed E-state index contributed by atoms with van der Waals surface area (Å²) in [6, 6.07) is 10.8. The Morgan fingerprint density at radius 1 is 1.21 bits per heavy atom. The molecule has 1 aliphatic heterocycles. The van der Waals surface area contributed by atoms with Crippen molar-refractivity contribution in [2.45, 2.75) is 38.8 Å². The molecule has 1 aromatic carbocycles. The summed E-state index contributed by atoms with van der Waals surface area (Å²) in [4.78, 5) is 14.4. The molecule has 2 nitrogen and oxygen atoms in total. The predicted octanol–water partition coefficient (Wildman–Crippen LogP) is 3.45. The lowest BCUT2D eigenvalue weighted by Gasteiger charge is -2.37. The lowest BCUT2D eigenvalue weighted by atomic mass is 9.90. The number of hydrogen-bond acceptors (Lipinski definition) is 2. The normalized spacial score (nSPS) is 22.7. The summed E-state index contributed by atoms with van der Waals surface area (Å²) in [6.45, 7) is 3.08. The van der Waals surface area contributed by atoms with Crippen LogP contribution >= 0.6 is 0 Å². The minimum atomic E-state index is 0.308. The van der Waals surface area contributed by atoms with Gasteiger partial charge in [-0.05, 0) is 25.3 Å². The molecule has 0 aromatic heterocycles. The zero-order valence-corrected chi connectivity index (χ0v) is 11.3. The van der Waals surface area contributed by atoms with Gasteiger partial charge < -0.3 is 4.90 Å². The van der Waals surface area contributed by atoms with Gasteiger partial charge >= 0.3 is 0 Å². The Labute approximate surface area is 114 Å². The molecule has 0 fully saturated rings. The minimum Gasteiger partial charge on any atom is -0.364 e. The standard InChI is InChI=1S/C17H19NO/c1-13-10-11-15-16(8-5-9-17(15)19)18(13)12-14-6-3-2-4-7-14/h2-4,6-7,10-11,13H,5,8-9,12H2,1H3. The molecule has 0 amide bonds. The highest BCUT2D eigenvalue weighted by molar-refractivity contribution is 5.99. The molecule has 2 aliphatic rings. The second-order valence-corrected chi connectivity index (χ2v) is 5.35. The van der Waals surface area contributed by atoms with Gasteiger partial charge in [0.15, 0.2) is 5.78 Å². The zero-order chi connectivity index (χ0) is 13.2. The maximum absolute atomic E-state index is 12.0. The summed E-state index contributed by atoms with van der Waals surface area (Å²) in [6.07, 6.45) is 6.90. The first-order valence-corrected chi connectivity index (χ1v) is 7.01. The fourth-order valence-corrected chi connectivity index (χ4v) is 2.94. The fourth-order valence-electron chi connectivity index (χ4n) is 2.94. The van der Waals surface area contributed by atoms with Crippen molar-refractivity contribution >= 4 is 5.78 Å². The predicted molar refractivity (Wildman–Crippen MR) is 76.5 cm³/mol. The minimum absolute atomic E-state index is 0.308. The van der Waals surface area contributed by atoms with Gasteiger partial charge in [0.2, 0.25) is 0 Å². The third-order valence-corrected chi connectivity index (χ3v) is 4.00. The van der Waals surface area contributed by atoms with Gasteiger partial charge in [0.25, 0.3) is 0 Å². The largest absolute Gasteiger partial charge is 0.364 e. The maximum atomic E-state index is 12.0. The van der Waals surface area contributed by atoms with Crippen LogP contribution in [-0.4, -0.2) is 16.7 Å². The van der Waals surface area contributed by atoms with Gasteiger partial charge in [-0.25, -0.2) is 0 Å². The molecule has 0 spiro atoms. The molecule has 0 bridgehead atoms. The number of allylic oxidation sites excluding steroid dienone is 3. The van der Waals surface area contributed by atoms with Gasteiger partial charge in [-0.1, -0.05) is 42.5 Å². The Hall–Kier alpha value is -1.83. The summed E-state index contributed by atoms with van der Waals surface area (Å²) >= 11 is 0. The SMILES string of the molecule is CC1C=CC2=C(CCCC2=O)N1Cc1ccccc1. The summed E-state index contributed by atoms with van der Waals surface area (Å²) in [5.74, 6) is 0.308. The summed E-state index contributed by atoms with van der Waals surface area (Å²) in [5, 5.41) is 0. The number of rotatable bonds is 2. The van der Waals surface area contributed by atoms with Crippen molar-refractivity contribution < 1.29 is 4.79 Å². The van der Waals surface area contributed by atoms with Gasteiger partial charge in [-0.3, -0.25) is 4.79 Å². The second kappa shape index (κ2) is 5.04. The van der Waals surface area contributed by atoms with Crippen LogP contribution in [0.25, 0.3) is 0 Å². The summed E-state index contributed by atoms with van der Waals surface area (Å²) in [5.41, 5.74) is 3.49. The molecule has 1 unspecified atom stereocenters. The van der Waals surface area contributed by atoms with Crippen LogP contribution in [0.5, 0.6) is 0 Å². The Morgan fingerprint density at radius 3 is 2.79 bits per heavy atom. The Bertz CT molecular complexity index is 542. The average molecular weight is 253 g/mol. The van der Waals surface area contributed by atoms with Gasteiger partial charge in [0.1, 0.15) is 0 Å². The van der Waals surface area contributed by atoms with E-state index in [2.05, 4.69) is 42.2 Å². The van der Waals surface area contributed by atoms with Crippen LogP contribution < -0.4 is 0 Å². The van der Waals surface area contributed by atoms with E-state index in [1.807, 2.05) is 12.1 Å². The number of benzene rings is 1. The van der Waals surface area contributed by atoms with Crippen LogP contribution in [0, 0.1) is 0 Å². The van der Waals surface area contributed by atoms with Crippen LogP contribution in [0.2, 0.25) is 0 Å². The highest BCUT2D eigenvalue weighted by Gasteiger charge is 2.27. The van der Waals surface area contributed by atoms with E-state index in [-0.39, 0.29) is 0 Å². The molecule has 0 N–H and O–H groups in total. The first kappa shape index (κ1) is 12.2. The van der Waals surface area contributed by atoms with E-state index in [1.54, 1.807) is 0 Å². The van der Waals surface area contributed by atoms with Crippen molar-refractivity contribution in [1.82, 2.24) is 4.90 Å². The molecular formula is C17H19NO. The first-order chi connectivity index (χ1) is 9.25. The fraction of sp³-hybridized carbons (Fsp3) is 0.353. The monoisotopic (exact) mass is 253 g/mol. The molecule has 1 aliphatic carbocycles. The number of Topliss-reactive ketones (excluding diaryl/α,β-unsaturated/α-hetero) is 1. The van der Waals surface area contributed by atoms with E-state index in [4.69, 9.17) is 0 Å². The summed E-state index contributed by atoms with van der Waals surface area (Å²) in [7, 11) is 0. The Kier molecular flexibility index (Phi) is 3.24. The molecule has 3 rings (SSSR count). The quantitative estimate of drug-likeness (QED) is 0.804. The average Bonchev–Trinajstić information content (AvgIpc) is 2.43. The molecule has 19 heavy (non-hydrogen) atoms. The molecule has 0 radical (unpaired) electrons. The van der Waals surface area contributed by atoms with E-state index < -0.39 is 0 Å². The number of nitrogens with zero attached hydrogens (tertiary/aromatic N) is 1. The van der Waals surface area contributed by atoms with E-state index in [1.165, 1.54) is 11.3 Å². The molecule has 1 atom stereocenters. The van der Waals surface area contributed by atoms with E-state index >= 15 is 0 Å². The number of carbonyl (C=O) groups is 1.